The number of carbonyl (C=O) groups excluding carboxylic acids is 1. The molecule has 6 heteroatoms. The van der Waals surface area contributed by atoms with Gasteiger partial charge in [-0.3, -0.25) is 15.6 Å². The van der Waals surface area contributed by atoms with E-state index in [9.17, 15) is 4.79 Å². The Morgan fingerprint density at radius 2 is 1.87 bits per heavy atom. The van der Waals surface area contributed by atoms with Crippen molar-refractivity contribution in [2.24, 2.45) is 0 Å². The predicted molar refractivity (Wildman–Crippen MR) is 125 cm³/mol. The van der Waals surface area contributed by atoms with Crippen molar-refractivity contribution in [1.82, 2.24) is 15.2 Å². The van der Waals surface area contributed by atoms with Crippen LogP contribution in [0.4, 0.5) is 5.82 Å². The van der Waals surface area contributed by atoms with Crippen molar-refractivity contribution in [3.63, 3.8) is 0 Å². The average molecular weight is 433 g/mol. The van der Waals surface area contributed by atoms with Gasteiger partial charge in [-0.15, -0.1) is 0 Å². The van der Waals surface area contributed by atoms with Crippen LogP contribution in [0.5, 0.6) is 0 Å². The zero-order valence-corrected chi connectivity index (χ0v) is 18.6. The minimum absolute atomic E-state index is 0.106. The maximum atomic E-state index is 13.0. The van der Waals surface area contributed by atoms with E-state index in [1.807, 2.05) is 35.9 Å². The number of hydrogen-bond donors (Lipinski definition) is 2. The molecule has 2 aromatic carbocycles. The minimum atomic E-state index is 0.106. The standard InChI is InChI=1S/C25H25ClN4O/c1-14(2)16-7-9-17(10-8-16)19-12-21-24(22(31)13-19)27-28-25-23(15(3)29-30(21)25)18-5-4-6-20(26)11-18/h4-11,14,19,27-28H,12-13H2,1-3H3. The molecule has 5 rings (SSSR count). The van der Waals surface area contributed by atoms with Crippen molar-refractivity contribution in [1.29, 1.82) is 0 Å². The molecule has 1 aliphatic carbocycles. The first-order valence-corrected chi connectivity index (χ1v) is 11.0. The largest absolute Gasteiger partial charge is 0.294 e. The summed E-state index contributed by atoms with van der Waals surface area (Å²) in [5, 5.41) is 5.48. The Bertz CT molecular complexity index is 1210. The van der Waals surface area contributed by atoms with E-state index in [1.165, 1.54) is 11.1 Å². The summed E-state index contributed by atoms with van der Waals surface area (Å²) in [7, 11) is 0. The molecule has 158 valence electrons. The first kappa shape index (κ1) is 19.9. The summed E-state index contributed by atoms with van der Waals surface area (Å²) in [6, 6.07) is 16.4. The van der Waals surface area contributed by atoms with Crippen LogP contribution in [0, 0.1) is 6.92 Å². The van der Waals surface area contributed by atoms with Gasteiger partial charge in [0.1, 0.15) is 5.70 Å². The molecular weight excluding hydrogens is 408 g/mol. The molecular formula is C25H25ClN4O. The van der Waals surface area contributed by atoms with Crippen LogP contribution in [-0.4, -0.2) is 15.6 Å². The molecule has 2 N–H and O–H groups in total. The smallest absolute Gasteiger partial charge is 0.182 e. The van der Waals surface area contributed by atoms with Gasteiger partial charge in [0.05, 0.1) is 11.4 Å². The number of nitrogens with zero attached hydrogens (tertiary/aromatic N) is 2. The number of carbonyl (C=O) groups is 1. The Kier molecular flexibility index (Phi) is 4.86. The summed E-state index contributed by atoms with van der Waals surface area (Å²) in [5.74, 6) is 1.57. The van der Waals surface area contributed by atoms with E-state index < -0.39 is 0 Å². The van der Waals surface area contributed by atoms with Gasteiger partial charge in [-0.1, -0.05) is 61.8 Å². The third-order valence-electron chi connectivity index (χ3n) is 6.25. The zero-order valence-electron chi connectivity index (χ0n) is 17.9. The van der Waals surface area contributed by atoms with Crippen LogP contribution in [0.25, 0.3) is 16.8 Å². The van der Waals surface area contributed by atoms with Gasteiger partial charge in [0.25, 0.3) is 0 Å². The molecule has 31 heavy (non-hydrogen) atoms. The van der Waals surface area contributed by atoms with Crippen LogP contribution in [-0.2, 0) is 4.79 Å². The second kappa shape index (κ2) is 7.57. The number of Topliss-reactive ketones (excluding diaryl/α,β-unsaturated/α-hetero) is 1. The van der Waals surface area contributed by atoms with Gasteiger partial charge in [0.2, 0.25) is 0 Å². The fourth-order valence-corrected chi connectivity index (χ4v) is 4.76. The van der Waals surface area contributed by atoms with E-state index in [2.05, 4.69) is 49.0 Å². The third-order valence-corrected chi connectivity index (χ3v) is 6.48. The van der Waals surface area contributed by atoms with Gasteiger partial charge in [-0.25, -0.2) is 4.68 Å². The lowest BCUT2D eigenvalue weighted by Crippen LogP contribution is -2.37. The Labute approximate surface area is 187 Å². The van der Waals surface area contributed by atoms with Crippen molar-refractivity contribution < 1.29 is 4.79 Å². The number of fused-ring (bicyclic) bond motifs is 2. The molecule has 0 saturated heterocycles. The van der Waals surface area contributed by atoms with Crippen LogP contribution < -0.4 is 10.9 Å². The number of allylic oxidation sites excluding steroid dienone is 2. The molecule has 2 heterocycles. The van der Waals surface area contributed by atoms with Crippen molar-refractivity contribution in [3.8, 4) is 11.1 Å². The summed E-state index contributed by atoms with van der Waals surface area (Å²) in [5.41, 5.74) is 13.3. The third kappa shape index (κ3) is 3.43. The molecule has 0 radical (unpaired) electrons. The van der Waals surface area contributed by atoms with Crippen molar-refractivity contribution in [3.05, 3.63) is 76.1 Å². The van der Waals surface area contributed by atoms with Gasteiger partial charge in [-0.2, -0.15) is 5.10 Å². The van der Waals surface area contributed by atoms with Gasteiger partial charge in [0.15, 0.2) is 11.6 Å². The molecule has 5 nitrogen and oxygen atoms in total. The Morgan fingerprint density at radius 1 is 1.10 bits per heavy atom. The highest BCUT2D eigenvalue weighted by Gasteiger charge is 2.35. The molecule has 1 aliphatic heterocycles. The number of halogens is 1. The minimum Gasteiger partial charge on any atom is -0.294 e. The second-order valence-electron chi connectivity index (χ2n) is 8.65. The summed E-state index contributed by atoms with van der Waals surface area (Å²) in [6.07, 6.45) is 1.24. The van der Waals surface area contributed by atoms with Crippen LogP contribution in [0.15, 0.2) is 54.2 Å². The summed E-state index contributed by atoms with van der Waals surface area (Å²) in [6.45, 7) is 6.36. The molecule has 0 spiro atoms. The fourth-order valence-electron chi connectivity index (χ4n) is 4.57. The van der Waals surface area contributed by atoms with Gasteiger partial charge < -0.3 is 0 Å². The normalized spacial score (nSPS) is 17.8. The molecule has 1 unspecified atom stereocenters. The number of hydrogen-bond acceptors (Lipinski definition) is 4. The van der Waals surface area contributed by atoms with E-state index in [4.69, 9.17) is 16.7 Å². The van der Waals surface area contributed by atoms with Crippen molar-refractivity contribution in [2.45, 2.75) is 45.4 Å². The quantitative estimate of drug-likeness (QED) is 0.542. The first-order valence-electron chi connectivity index (χ1n) is 10.7. The summed E-state index contributed by atoms with van der Waals surface area (Å²) >= 11 is 6.23. The number of rotatable bonds is 3. The molecule has 0 saturated carbocycles. The van der Waals surface area contributed by atoms with E-state index >= 15 is 0 Å². The lowest BCUT2D eigenvalue weighted by Gasteiger charge is -2.31. The van der Waals surface area contributed by atoms with Crippen LogP contribution in [0.2, 0.25) is 5.02 Å². The van der Waals surface area contributed by atoms with Crippen molar-refractivity contribution >= 4 is 28.9 Å². The molecule has 1 aromatic heterocycles. The Hall–Kier alpha value is -3.05. The molecule has 3 aromatic rings. The molecule has 0 amide bonds. The number of nitrogens with one attached hydrogen (secondary N) is 2. The SMILES string of the molecule is Cc1nn2c(c1-c1cccc(Cl)c1)NNC1=C2CC(c2ccc(C(C)C)cc2)CC1=O. The monoisotopic (exact) mass is 432 g/mol. The number of ketones is 1. The zero-order chi connectivity index (χ0) is 21.7. The fraction of sp³-hybridized carbons (Fsp3) is 0.280. The summed E-state index contributed by atoms with van der Waals surface area (Å²) in [4.78, 5) is 13.0. The van der Waals surface area contributed by atoms with Gasteiger partial charge >= 0.3 is 0 Å². The molecule has 2 aliphatic rings. The number of anilines is 1. The molecule has 1 atom stereocenters. The Morgan fingerprint density at radius 3 is 2.58 bits per heavy atom. The molecule has 0 fully saturated rings. The second-order valence-corrected chi connectivity index (χ2v) is 9.09. The number of hydrazine groups is 1. The van der Waals surface area contributed by atoms with E-state index in [0.29, 0.717) is 23.1 Å². The lowest BCUT2D eigenvalue weighted by atomic mass is 9.83. The topological polar surface area (TPSA) is 59.0 Å². The van der Waals surface area contributed by atoms with Crippen molar-refractivity contribution in [2.75, 3.05) is 5.43 Å². The highest BCUT2D eigenvalue weighted by atomic mass is 35.5. The van der Waals surface area contributed by atoms with Crippen LogP contribution in [0.1, 0.15) is 55.3 Å². The number of benzene rings is 2. The summed E-state index contributed by atoms with van der Waals surface area (Å²) < 4.78 is 1.89. The Balaban J connectivity index is 1.54. The van der Waals surface area contributed by atoms with E-state index in [0.717, 1.165) is 34.8 Å². The predicted octanol–water partition coefficient (Wildman–Crippen LogP) is 5.88. The number of aryl methyl sites for hydroxylation is 1. The lowest BCUT2D eigenvalue weighted by molar-refractivity contribution is -0.116. The van der Waals surface area contributed by atoms with Crippen LogP contribution >= 0.6 is 11.6 Å². The molecule has 0 bridgehead atoms. The van der Waals surface area contributed by atoms with E-state index in [1.54, 1.807) is 0 Å². The highest BCUT2D eigenvalue weighted by Crippen LogP contribution is 2.42. The highest BCUT2D eigenvalue weighted by molar-refractivity contribution is 6.30. The maximum absolute atomic E-state index is 13.0. The van der Waals surface area contributed by atoms with Gasteiger partial charge in [0, 0.05) is 17.0 Å². The first-order chi connectivity index (χ1) is 14.9. The average Bonchev–Trinajstić information content (AvgIpc) is 3.10. The number of aromatic nitrogens is 2. The van der Waals surface area contributed by atoms with Crippen LogP contribution in [0.3, 0.4) is 0 Å². The maximum Gasteiger partial charge on any atom is 0.182 e. The van der Waals surface area contributed by atoms with E-state index in [-0.39, 0.29) is 11.7 Å². The van der Waals surface area contributed by atoms with Gasteiger partial charge in [-0.05, 0) is 54.0 Å².